The summed E-state index contributed by atoms with van der Waals surface area (Å²) in [6.07, 6.45) is 0.745. The third-order valence-corrected chi connectivity index (χ3v) is 8.14. The lowest BCUT2D eigenvalue weighted by Gasteiger charge is -2.23. The van der Waals surface area contributed by atoms with Gasteiger partial charge in [-0.05, 0) is 66.6 Å². The Hall–Kier alpha value is -3.69. The summed E-state index contributed by atoms with van der Waals surface area (Å²) in [6, 6.07) is 17.3. The molecule has 186 valence electrons. The number of nitrogens with zero attached hydrogens (tertiary/aromatic N) is 2. The van der Waals surface area contributed by atoms with Crippen LogP contribution >= 0.6 is 27.3 Å². The zero-order valence-electron chi connectivity index (χ0n) is 19.9. The summed E-state index contributed by atoms with van der Waals surface area (Å²) in [5.74, 6) is -0.284. The highest BCUT2D eigenvalue weighted by atomic mass is 79.9. The number of ketones is 1. The van der Waals surface area contributed by atoms with Crippen LogP contribution in [0.25, 0.3) is 16.0 Å². The first-order valence-electron chi connectivity index (χ1n) is 11.6. The Labute approximate surface area is 225 Å². The fourth-order valence-corrected chi connectivity index (χ4v) is 6.12. The van der Waals surface area contributed by atoms with E-state index in [4.69, 9.17) is 9.47 Å². The highest BCUT2D eigenvalue weighted by Crippen LogP contribution is 2.45. The molecule has 2 aliphatic rings. The number of Topliss-reactive ketones (excluding diaryl/α,β-unsaturated/α-hetero) is 1. The number of amides is 1. The molecule has 3 aromatic carbocycles. The topological polar surface area (TPSA) is 89.0 Å². The van der Waals surface area contributed by atoms with E-state index in [0.29, 0.717) is 33.9 Å². The highest BCUT2D eigenvalue weighted by Gasteiger charge is 2.48. The molecule has 7 nitrogen and oxygen atoms in total. The van der Waals surface area contributed by atoms with Crippen LogP contribution in [-0.2, 0) is 16.0 Å². The van der Waals surface area contributed by atoms with Gasteiger partial charge in [0.15, 0.2) is 5.13 Å². The second-order valence-electron chi connectivity index (χ2n) is 9.01. The van der Waals surface area contributed by atoms with Crippen LogP contribution in [0.4, 0.5) is 5.13 Å². The molecule has 1 fully saturated rings. The maximum atomic E-state index is 13.5. The Kier molecular flexibility index (Phi) is 5.77. The molecule has 1 aromatic heterocycles. The first-order valence-corrected chi connectivity index (χ1v) is 13.3. The Morgan fingerprint density at radius 3 is 2.68 bits per heavy atom. The number of hydrogen-bond acceptors (Lipinski definition) is 7. The van der Waals surface area contributed by atoms with E-state index >= 15 is 0 Å². The second kappa shape index (κ2) is 9.00. The van der Waals surface area contributed by atoms with Crippen molar-refractivity contribution < 1.29 is 24.2 Å². The quantitative estimate of drug-likeness (QED) is 0.181. The number of hydrogen-bond donors (Lipinski definition) is 1. The molecule has 1 amide bonds. The van der Waals surface area contributed by atoms with Gasteiger partial charge in [0, 0.05) is 16.5 Å². The third-order valence-electron chi connectivity index (χ3n) is 6.59. The Morgan fingerprint density at radius 2 is 1.92 bits per heavy atom. The molecule has 6 rings (SSSR count). The van der Waals surface area contributed by atoms with E-state index in [1.807, 2.05) is 49.4 Å². The molecule has 2 atom stereocenters. The van der Waals surface area contributed by atoms with E-state index in [1.54, 1.807) is 25.3 Å². The minimum Gasteiger partial charge on any atom is -0.507 e. The van der Waals surface area contributed by atoms with Gasteiger partial charge in [-0.3, -0.25) is 14.5 Å². The first-order chi connectivity index (χ1) is 17.8. The number of thiazole rings is 1. The van der Waals surface area contributed by atoms with Crippen molar-refractivity contribution in [1.82, 2.24) is 4.98 Å². The number of aliphatic hydroxyl groups is 1. The SMILES string of the molecule is COc1ccc2nc(N3C(=O)C(=O)/C(=C(/O)c4ccc5c(c4)C[C@H](C)O5)[C@H]3c3ccc(Br)cc3)sc2c1. The molecule has 0 unspecified atom stereocenters. The van der Waals surface area contributed by atoms with Crippen LogP contribution < -0.4 is 14.4 Å². The van der Waals surface area contributed by atoms with Crippen LogP contribution in [0.3, 0.4) is 0 Å². The number of anilines is 1. The number of ether oxygens (including phenoxy) is 2. The van der Waals surface area contributed by atoms with Crippen LogP contribution in [0.1, 0.15) is 29.7 Å². The van der Waals surface area contributed by atoms with Crippen molar-refractivity contribution in [3.05, 3.63) is 87.4 Å². The number of aliphatic hydroxyl groups excluding tert-OH is 1. The lowest BCUT2D eigenvalue weighted by atomic mass is 9.94. The fraction of sp³-hybridized carbons (Fsp3) is 0.179. The van der Waals surface area contributed by atoms with Crippen molar-refractivity contribution in [3.8, 4) is 11.5 Å². The summed E-state index contributed by atoms with van der Waals surface area (Å²) in [5, 5.41) is 11.8. The van der Waals surface area contributed by atoms with Crippen molar-refractivity contribution in [2.24, 2.45) is 0 Å². The third kappa shape index (κ3) is 3.98. The molecule has 0 spiro atoms. The fourth-order valence-electron chi connectivity index (χ4n) is 4.84. The Bertz CT molecular complexity index is 1610. The summed E-state index contributed by atoms with van der Waals surface area (Å²) in [5.41, 5.74) is 2.80. The number of rotatable bonds is 4. The van der Waals surface area contributed by atoms with Crippen molar-refractivity contribution in [1.29, 1.82) is 0 Å². The molecule has 0 radical (unpaired) electrons. The van der Waals surface area contributed by atoms with Crippen LogP contribution in [0, 0.1) is 0 Å². The predicted octanol–water partition coefficient (Wildman–Crippen LogP) is 6.02. The molecule has 3 heterocycles. The average Bonchev–Trinajstić information content (AvgIpc) is 3.55. The molecule has 0 aliphatic carbocycles. The zero-order valence-corrected chi connectivity index (χ0v) is 22.3. The van der Waals surface area contributed by atoms with Gasteiger partial charge in [-0.25, -0.2) is 4.98 Å². The number of fused-ring (bicyclic) bond motifs is 2. The lowest BCUT2D eigenvalue weighted by molar-refractivity contribution is -0.132. The van der Waals surface area contributed by atoms with Gasteiger partial charge in [0.05, 0.1) is 28.9 Å². The van der Waals surface area contributed by atoms with Gasteiger partial charge in [0.1, 0.15) is 23.4 Å². The number of aromatic nitrogens is 1. The summed E-state index contributed by atoms with van der Waals surface area (Å²) in [4.78, 5) is 33.0. The van der Waals surface area contributed by atoms with Gasteiger partial charge < -0.3 is 14.6 Å². The van der Waals surface area contributed by atoms with Gasteiger partial charge in [0.25, 0.3) is 5.78 Å². The van der Waals surface area contributed by atoms with Crippen LogP contribution in [0.15, 0.2) is 70.7 Å². The monoisotopic (exact) mass is 576 g/mol. The normalized spacial score (nSPS) is 20.4. The van der Waals surface area contributed by atoms with Crippen molar-refractivity contribution in [2.45, 2.75) is 25.5 Å². The molecule has 37 heavy (non-hydrogen) atoms. The maximum absolute atomic E-state index is 13.5. The van der Waals surface area contributed by atoms with Gasteiger partial charge >= 0.3 is 5.91 Å². The summed E-state index contributed by atoms with van der Waals surface area (Å²) in [7, 11) is 1.58. The van der Waals surface area contributed by atoms with Crippen LogP contribution in [0.5, 0.6) is 11.5 Å². The summed E-state index contributed by atoms with van der Waals surface area (Å²) >= 11 is 4.74. The molecule has 2 aliphatic heterocycles. The van der Waals surface area contributed by atoms with Gasteiger partial charge in [0.2, 0.25) is 0 Å². The number of halogens is 1. The Morgan fingerprint density at radius 1 is 1.14 bits per heavy atom. The molecule has 1 saturated heterocycles. The number of benzene rings is 3. The van der Waals surface area contributed by atoms with Gasteiger partial charge in [-0.15, -0.1) is 0 Å². The van der Waals surface area contributed by atoms with Crippen LogP contribution in [-0.4, -0.2) is 35.0 Å². The van der Waals surface area contributed by atoms with E-state index in [9.17, 15) is 14.7 Å². The largest absolute Gasteiger partial charge is 0.507 e. The molecular weight excluding hydrogens is 556 g/mol. The van der Waals surface area contributed by atoms with E-state index in [1.165, 1.54) is 16.2 Å². The van der Waals surface area contributed by atoms with E-state index < -0.39 is 17.7 Å². The van der Waals surface area contributed by atoms with Crippen molar-refractivity contribution in [3.63, 3.8) is 0 Å². The van der Waals surface area contributed by atoms with Crippen molar-refractivity contribution in [2.75, 3.05) is 12.0 Å². The highest BCUT2D eigenvalue weighted by molar-refractivity contribution is 9.10. The minimum atomic E-state index is -0.848. The minimum absolute atomic E-state index is 0.0241. The van der Waals surface area contributed by atoms with Crippen molar-refractivity contribution >= 4 is 60.1 Å². The van der Waals surface area contributed by atoms with E-state index in [2.05, 4.69) is 20.9 Å². The molecule has 1 N–H and O–H groups in total. The van der Waals surface area contributed by atoms with Gasteiger partial charge in [-0.2, -0.15) is 0 Å². The molecular formula is C28H21BrN2O5S. The second-order valence-corrected chi connectivity index (χ2v) is 10.9. The lowest BCUT2D eigenvalue weighted by Crippen LogP contribution is -2.29. The molecule has 9 heteroatoms. The average molecular weight is 577 g/mol. The maximum Gasteiger partial charge on any atom is 0.301 e. The molecule has 0 saturated carbocycles. The predicted molar refractivity (Wildman–Crippen MR) is 145 cm³/mol. The smallest absolute Gasteiger partial charge is 0.301 e. The van der Waals surface area contributed by atoms with E-state index in [0.717, 1.165) is 20.5 Å². The zero-order chi connectivity index (χ0) is 25.8. The first kappa shape index (κ1) is 23.7. The number of carbonyl (C=O) groups excluding carboxylic acids is 2. The van der Waals surface area contributed by atoms with Crippen LogP contribution in [0.2, 0.25) is 0 Å². The Balaban J connectivity index is 1.52. The van der Waals surface area contributed by atoms with E-state index in [-0.39, 0.29) is 17.4 Å². The summed E-state index contributed by atoms with van der Waals surface area (Å²) < 4.78 is 12.8. The van der Waals surface area contributed by atoms with Gasteiger partial charge in [-0.1, -0.05) is 39.4 Å². The number of carbonyl (C=O) groups is 2. The summed E-state index contributed by atoms with van der Waals surface area (Å²) in [6.45, 7) is 1.98. The molecule has 4 aromatic rings. The number of methoxy groups -OCH3 is 1. The standard InChI is InChI=1S/C28H21BrN2O5S/c1-14-11-17-12-16(5-10-21(17)36-14)25(32)23-24(15-3-6-18(29)7-4-15)31(27(34)26(23)33)28-30-20-9-8-19(35-2)13-22(20)37-28/h3-10,12-14,24,32H,11H2,1-2H3/b25-23+/t14-,24+/m0/s1. The molecule has 0 bridgehead atoms.